The monoisotopic (exact) mass is 358 g/mol. The average molecular weight is 358 g/mol. The SMILES string of the molecule is O=C(c1cn(C2CCNCC2)nn1)N1CCN(c2ccc(F)cc2)CC1. The zero-order valence-corrected chi connectivity index (χ0v) is 14.6. The molecule has 7 nitrogen and oxygen atoms in total. The molecule has 0 spiro atoms. The van der Waals surface area contributed by atoms with E-state index in [1.54, 1.807) is 18.3 Å². The molecule has 0 aliphatic carbocycles. The lowest BCUT2D eigenvalue weighted by Crippen LogP contribution is -2.48. The van der Waals surface area contributed by atoms with E-state index in [0.717, 1.165) is 44.7 Å². The fourth-order valence-electron chi connectivity index (χ4n) is 3.61. The number of hydrogen-bond donors (Lipinski definition) is 1. The van der Waals surface area contributed by atoms with Crippen LogP contribution in [0.25, 0.3) is 0 Å². The van der Waals surface area contributed by atoms with Gasteiger partial charge in [0.1, 0.15) is 5.82 Å². The van der Waals surface area contributed by atoms with Crippen LogP contribution in [0.15, 0.2) is 30.5 Å². The van der Waals surface area contributed by atoms with Crippen molar-refractivity contribution in [2.75, 3.05) is 44.2 Å². The van der Waals surface area contributed by atoms with E-state index >= 15 is 0 Å². The minimum atomic E-state index is -0.237. The summed E-state index contributed by atoms with van der Waals surface area (Å²) in [5.74, 6) is -0.302. The van der Waals surface area contributed by atoms with Crippen LogP contribution < -0.4 is 10.2 Å². The molecule has 4 rings (SSSR count). The van der Waals surface area contributed by atoms with Crippen LogP contribution in [-0.4, -0.2) is 65.1 Å². The molecule has 2 aliphatic heterocycles. The van der Waals surface area contributed by atoms with Crippen molar-refractivity contribution in [2.45, 2.75) is 18.9 Å². The summed E-state index contributed by atoms with van der Waals surface area (Å²) in [5.41, 5.74) is 1.40. The van der Waals surface area contributed by atoms with E-state index in [0.29, 0.717) is 24.8 Å². The predicted octanol–water partition coefficient (Wildman–Crippen LogP) is 1.30. The summed E-state index contributed by atoms with van der Waals surface area (Å²) >= 11 is 0. The van der Waals surface area contributed by atoms with Crippen molar-refractivity contribution >= 4 is 11.6 Å². The lowest BCUT2D eigenvalue weighted by Gasteiger charge is -2.35. The topological polar surface area (TPSA) is 66.3 Å². The number of benzene rings is 1. The van der Waals surface area contributed by atoms with E-state index in [1.165, 1.54) is 12.1 Å². The number of anilines is 1. The fourth-order valence-corrected chi connectivity index (χ4v) is 3.61. The van der Waals surface area contributed by atoms with Gasteiger partial charge in [0, 0.05) is 31.9 Å². The summed E-state index contributed by atoms with van der Waals surface area (Å²) in [6.07, 6.45) is 3.80. The second-order valence-electron chi connectivity index (χ2n) is 6.82. The Hall–Kier alpha value is -2.48. The molecule has 2 fully saturated rings. The molecule has 2 saturated heterocycles. The van der Waals surface area contributed by atoms with Gasteiger partial charge in [-0.15, -0.1) is 5.10 Å². The maximum atomic E-state index is 13.1. The first kappa shape index (κ1) is 17.0. The molecule has 0 radical (unpaired) electrons. The molecule has 8 heteroatoms. The van der Waals surface area contributed by atoms with E-state index in [9.17, 15) is 9.18 Å². The van der Waals surface area contributed by atoms with Crippen molar-refractivity contribution in [1.82, 2.24) is 25.2 Å². The quantitative estimate of drug-likeness (QED) is 0.896. The Morgan fingerprint density at radius 1 is 1.08 bits per heavy atom. The van der Waals surface area contributed by atoms with Crippen LogP contribution in [-0.2, 0) is 0 Å². The molecule has 1 N–H and O–H groups in total. The Morgan fingerprint density at radius 2 is 1.77 bits per heavy atom. The van der Waals surface area contributed by atoms with Crippen LogP contribution in [0.3, 0.4) is 0 Å². The smallest absolute Gasteiger partial charge is 0.276 e. The van der Waals surface area contributed by atoms with Gasteiger partial charge in [0.25, 0.3) is 5.91 Å². The molecule has 1 amide bonds. The third kappa shape index (κ3) is 3.55. The van der Waals surface area contributed by atoms with Gasteiger partial charge in [-0.05, 0) is 50.2 Å². The van der Waals surface area contributed by atoms with Crippen LogP contribution in [0, 0.1) is 5.82 Å². The number of aromatic nitrogens is 3. The van der Waals surface area contributed by atoms with Crippen LogP contribution in [0.2, 0.25) is 0 Å². The molecule has 0 atom stereocenters. The van der Waals surface area contributed by atoms with E-state index in [4.69, 9.17) is 0 Å². The molecule has 2 aromatic rings. The Kier molecular flexibility index (Phi) is 4.83. The van der Waals surface area contributed by atoms with Crippen LogP contribution in [0.4, 0.5) is 10.1 Å². The summed E-state index contributed by atoms with van der Waals surface area (Å²) in [6, 6.07) is 6.80. The second-order valence-corrected chi connectivity index (χ2v) is 6.82. The number of amides is 1. The van der Waals surface area contributed by atoms with Crippen LogP contribution >= 0.6 is 0 Å². The predicted molar refractivity (Wildman–Crippen MR) is 95.7 cm³/mol. The number of carbonyl (C=O) groups excluding carboxylic acids is 1. The summed E-state index contributed by atoms with van der Waals surface area (Å²) in [7, 11) is 0. The summed E-state index contributed by atoms with van der Waals surface area (Å²) in [5, 5.41) is 11.6. The van der Waals surface area contributed by atoms with Gasteiger partial charge >= 0.3 is 0 Å². The van der Waals surface area contributed by atoms with Gasteiger partial charge in [-0.3, -0.25) is 4.79 Å². The highest BCUT2D eigenvalue weighted by Gasteiger charge is 2.25. The third-order valence-corrected chi connectivity index (χ3v) is 5.17. The van der Waals surface area contributed by atoms with Gasteiger partial charge in [-0.2, -0.15) is 0 Å². The van der Waals surface area contributed by atoms with Crippen molar-refractivity contribution in [3.8, 4) is 0 Å². The highest BCUT2D eigenvalue weighted by Crippen LogP contribution is 2.19. The van der Waals surface area contributed by atoms with Gasteiger partial charge in [-0.25, -0.2) is 9.07 Å². The van der Waals surface area contributed by atoms with E-state index in [1.807, 2.05) is 9.58 Å². The Bertz CT molecular complexity index is 747. The minimum Gasteiger partial charge on any atom is -0.368 e. The second kappa shape index (κ2) is 7.41. The lowest BCUT2D eigenvalue weighted by atomic mass is 10.1. The summed E-state index contributed by atoms with van der Waals surface area (Å²) in [6.45, 7) is 4.63. The number of halogens is 1. The lowest BCUT2D eigenvalue weighted by molar-refractivity contribution is 0.0740. The number of rotatable bonds is 3. The zero-order valence-electron chi connectivity index (χ0n) is 14.6. The number of piperidine rings is 1. The number of piperazine rings is 1. The maximum absolute atomic E-state index is 13.1. The van der Waals surface area contributed by atoms with Gasteiger partial charge < -0.3 is 15.1 Å². The van der Waals surface area contributed by atoms with Gasteiger partial charge in [0.2, 0.25) is 0 Å². The van der Waals surface area contributed by atoms with Crippen molar-refractivity contribution in [2.24, 2.45) is 0 Å². The third-order valence-electron chi connectivity index (χ3n) is 5.17. The first-order chi connectivity index (χ1) is 12.7. The normalized spacial score (nSPS) is 19.0. The number of hydrogen-bond acceptors (Lipinski definition) is 5. The van der Waals surface area contributed by atoms with Crippen molar-refractivity contribution in [3.63, 3.8) is 0 Å². The fraction of sp³-hybridized carbons (Fsp3) is 0.500. The summed E-state index contributed by atoms with van der Waals surface area (Å²) in [4.78, 5) is 16.7. The van der Waals surface area contributed by atoms with E-state index in [2.05, 4.69) is 20.5 Å². The standard InChI is InChI=1S/C18H23FN6O/c19-14-1-3-15(4-2-14)23-9-11-24(12-10-23)18(26)17-13-25(22-21-17)16-5-7-20-8-6-16/h1-4,13,16,20H,5-12H2. The van der Waals surface area contributed by atoms with E-state index in [-0.39, 0.29) is 11.7 Å². The first-order valence-electron chi connectivity index (χ1n) is 9.13. The zero-order chi connectivity index (χ0) is 17.9. The molecule has 138 valence electrons. The molecule has 26 heavy (non-hydrogen) atoms. The molecule has 1 aromatic carbocycles. The molecular weight excluding hydrogens is 335 g/mol. The van der Waals surface area contributed by atoms with Gasteiger partial charge in [-0.1, -0.05) is 5.21 Å². The van der Waals surface area contributed by atoms with E-state index < -0.39 is 0 Å². The molecule has 1 aromatic heterocycles. The number of nitrogens with zero attached hydrogens (tertiary/aromatic N) is 5. The largest absolute Gasteiger partial charge is 0.368 e. The Balaban J connectivity index is 1.36. The van der Waals surface area contributed by atoms with Crippen LogP contribution in [0.5, 0.6) is 0 Å². The number of carbonyl (C=O) groups is 1. The molecule has 0 unspecified atom stereocenters. The van der Waals surface area contributed by atoms with Crippen molar-refractivity contribution in [3.05, 3.63) is 42.0 Å². The van der Waals surface area contributed by atoms with Crippen molar-refractivity contribution in [1.29, 1.82) is 0 Å². The molecule has 3 heterocycles. The maximum Gasteiger partial charge on any atom is 0.276 e. The molecular formula is C18H23FN6O. The van der Waals surface area contributed by atoms with Gasteiger partial charge in [0.15, 0.2) is 5.69 Å². The molecule has 0 bridgehead atoms. The Morgan fingerprint density at radius 3 is 2.46 bits per heavy atom. The molecule has 0 saturated carbocycles. The van der Waals surface area contributed by atoms with Gasteiger partial charge in [0.05, 0.1) is 12.2 Å². The van der Waals surface area contributed by atoms with Crippen molar-refractivity contribution < 1.29 is 9.18 Å². The average Bonchev–Trinajstić information content (AvgIpc) is 3.19. The highest BCUT2D eigenvalue weighted by molar-refractivity contribution is 5.92. The highest BCUT2D eigenvalue weighted by atomic mass is 19.1. The first-order valence-corrected chi connectivity index (χ1v) is 9.13. The minimum absolute atomic E-state index is 0.0658. The number of nitrogens with one attached hydrogen (secondary N) is 1. The Labute approximate surface area is 151 Å². The molecule has 2 aliphatic rings. The summed E-state index contributed by atoms with van der Waals surface area (Å²) < 4.78 is 14.9. The van der Waals surface area contributed by atoms with Crippen LogP contribution in [0.1, 0.15) is 29.4 Å².